The molecule has 0 unspecified atom stereocenters. The summed E-state index contributed by atoms with van der Waals surface area (Å²) in [4.78, 5) is 1.51. The van der Waals surface area contributed by atoms with Crippen LogP contribution in [0.5, 0.6) is 5.75 Å². The lowest BCUT2D eigenvalue weighted by Gasteiger charge is -2.11. The average molecular weight is 275 g/mol. The maximum absolute atomic E-state index is 5.67. The summed E-state index contributed by atoms with van der Waals surface area (Å²) in [5.74, 6) is 3.62. The van der Waals surface area contributed by atoms with Crippen LogP contribution < -0.4 is 4.74 Å². The predicted molar refractivity (Wildman–Crippen MR) is 81.1 cm³/mol. The molecular weight excluding hydrogens is 256 g/mol. The fourth-order valence-electron chi connectivity index (χ4n) is 2.62. The van der Waals surface area contributed by atoms with Crippen LogP contribution in [-0.2, 0) is 15.6 Å². The third kappa shape index (κ3) is 2.58. The highest BCUT2D eigenvalue weighted by Crippen LogP contribution is 2.34. The molecule has 1 aliphatic rings. The van der Waals surface area contributed by atoms with E-state index < -0.39 is 0 Å². The van der Waals surface area contributed by atoms with Gasteiger partial charge in [0, 0.05) is 28.8 Å². The van der Waals surface area contributed by atoms with Gasteiger partial charge in [0.15, 0.2) is 11.7 Å². The average Bonchev–Trinajstić information content (AvgIpc) is 2.98. The van der Waals surface area contributed by atoms with Crippen molar-refractivity contribution in [2.45, 2.75) is 17.7 Å². The lowest BCUT2D eigenvalue weighted by atomic mass is 10.1. The molecule has 19 heavy (non-hydrogen) atoms. The van der Waals surface area contributed by atoms with Crippen LogP contribution in [0.15, 0.2) is 41.3 Å². The molecule has 0 bridgehead atoms. The molecule has 3 rings (SSSR count). The fraction of sp³-hybridized carbons (Fsp3) is 0.375. The molecule has 3 heteroatoms. The number of ether oxygens (including phenoxy) is 2. The highest BCUT2D eigenvalue weighted by atomic mass is 32.2. The number of methoxy groups -OCH3 is 1. The van der Waals surface area contributed by atoms with Crippen LogP contribution in [0.2, 0.25) is 0 Å². The lowest BCUT2D eigenvalue weighted by molar-refractivity contribution is 0.0522. The van der Waals surface area contributed by atoms with Gasteiger partial charge in [-0.1, -0.05) is 18.2 Å². The Labute approximate surface area is 117 Å². The van der Waals surface area contributed by atoms with Gasteiger partial charge in [-0.15, -0.1) is 0 Å². The SMILES string of the molecule is COCOc1ccc([S+]2CCCC2)c2ccccc12. The molecule has 0 saturated carbocycles. The molecular formula is C16H19O2S+. The third-order valence-corrected chi connectivity index (χ3v) is 6.06. The summed E-state index contributed by atoms with van der Waals surface area (Å²) in [5, 5.41) is 2.55. The van der Waals surface area contributed by atoms with E-state index in [1.165, 1.54) is 40.0 Å². The summed E-state index contributed by atoms with van der Waals surface area (Å²) >= 11 is 0. The first-order valence-corrected chi connectivity index (χ1v) is 8.27. The molecule has 2 nitrogen and oxygen atoms in total. The Morgan fingerprint density at radius 3 is 2.47 bits per heavy atom. The minimum absolute atomic E-state index is 0.301. The van der Waals surface area contributed by atoms with Crippen molar-refractivity contribution in [2.24, 2.45) is 0 Å². The molecule has 0 aliphatic carbocycles. The first-order valence-electron chi connectivity index (χ1n) is 6.71. The zero-order valence-corrected chi connectivity index (χ0v) is 12.0. The van der Waals surface area contributed by atoms with Gasteiger partial charge in [0.25, 0.3) is 0 Å². The van der Waals surface area contributed by atoms with Crippen LogP contribution in [-0.4, -0.2) is 25.4 Å². The zero-order chi connectivity index (χ0) is 13.1. The van der Waals surface area contributed by atoms with Gasteiger partial charge < -0.3 is 9.47 Å². The molecule has 0 N–H and O–H groups in total. The van der Waals surface area contributed by atoms with Gasteiger partial charge in [-0.25, -0.2) is 0 Å². The van der Waals surface area contributed by atoms with Crippen molar-refractivity contribution in [3.63, 3.8) is 0 Å². The van der Waals surface area contributed by atoms with Crippen LogP contribution in [0.3, 0.4) is 0 Å². The van der Waals surface area contributed by atoms with Crippen molar-refractivity contribution in [1.82, 2.24) is 0 Å². The van der Waals surface area contributed by atoms with Gasteiger partial charge in [0.05, 0.1) is 0 Å². The summed E-state index contributed by atoms with van der Waals surface area (Å²) in [6, 6.07) is 12.9. The first kappa shape index (κ1) is 12.8. The second-order valence-corrected chi connectivity index (χ2v) is 7.01. The lowest BCUT2D eigenvalue weighted by Crippen LogP contribution is -2.05. The molecule has 2 aromatic carbocycles. The standard InChI is InChI=1S/C16H19O2S/c1-17-12-18-15-8-9-16(19-10-4-5-11-19)14-7-3-2-6-13(14)15/h2-3,6-9H,4-5,10-12H2,1H3/q+1. The molecule has 1 heterocycles. The molecule has 0 spiro atoms. The monoisotopic (exact) mass is 275 g/mol. The quantitative estimate of drug-likeness (QED) is 0.627. The van der Waals surface area contributed by atoms with Gasteiger partial charge in [0.1, 0.15) is 17.3 Å². The van der Waals surface area contributed by atoms with E-state index in [2.05, 4.69) is 36.4 Å². The van der Waals surface area contributed by atoms with Crippen LogP contribution in [0, 0.1) is 0 Å². The highest BCUT2D eigenvalue weighted by Gasteiger charge is 2.29. The summed E-state index contributed by atoms with van der Waals surface area (Å²) in [5.41, 5.74) is 0. The number of fused-ring (bicyclic) bond motifs is 1. The van der Waals surface area contributed by atoms with Gasteiger partial charge in [0.2, 0.25) is 0 Å². The Bertz CT molecular complexity index is 562. The number of hydrogen-bond donors (Lipinski definition) is 0. The molecule has 1 aliphatic heterocycles. The first-order chi connectivity index (χ1) is 9.40. The van der Waals surface area contributed by atoms with Crippen LogP contribution in [0.4, 0.5) is 0 Å². The van der Waals surface area contributed by atoms with E-state index in [1.54, 1.807) is 7.11 Å². The van der Waals surface area contributed by atoms with E-state index in [4.69, 9.17) is 9.47 Å². The minimum atomic E-state index is 0.301. The van der Waals surface area contributed by atoms with Gasteiger partial charge in [-0.2, -0.15) is 0 Å². The fourth-order valence-corrected chi connectivity index (χ4v) is 5.12. The third-order valence-electron chi connectivity index (χ3n) is 3.52. The molecule has 1 fully saturated rings. The molecule has 0 radical (unpaired) electrons. The van der Waals surface area contributed by atoms with Crippen molar-refractivity contribution in [3.8, 4) is 5.75 Å². The maximum atomic E-state index is 5.67. The normalized spacial score (nSPS) is 16.1. The van der Waals surface area contributed by atoms with E-state index >= 15 is 0 Å². The molecule has 2 aromatic rings. The zero-order valence-electron chi connectivity index (χ0n) is 11.2. The van der Waals surface area contributed by atoms with Crippen molar-refractivity contribution < 1.29 is 9.47 Å². The van der Waals surface area contributed by atoms with Gasteiger partial charge in [-0.05, 0) is 31.0 Å². The topological polar surface area (TPSA) is 18.5 Å². The molecule has 0 aromatic heterocycles. The summed E-state index contributed by atoms with van der Waals surface area (Å²) in [6.07, 6.45) is 2.75. The largest absolute Gasteiger partial charge is 0.467 e. The summed E-state index contributed by atoms with van der Waals surface area (Å²) < 4.78 is 10.7. The Morgan fingerprint density at radius 1 is 1.00 bits per heavy atom. The second-order valence-electron chi connectivity index (χ2n) is 4.77. The minimum Gasteiger partial charge on any atom is -0.467 e. The van der Waals surface area contributed by atoms with Crippen LogP contribution in [0.1, 0.15) is 12.8 Å². The van der Waals surface area contributed by atoms with Crippen molar-refractivity contribution in [3.05, 3.63) is 36.4 Å². The number of benzene rings is 2. The summed E-state index contributed by atoms with van der Waals surface area (Å²) in [7, 11) is 2.08. The van der Waals surface area contributed by atoms with E-state index in [-0.39, 0.29) is 0 Å². The van der Waals surface area contributed by atoms with Gasteiger partial charge in [-0.3, -0.25) is 0 Å². The van der Waals surface area contributed by atoms with E-state index in [0.29, 0.717) is 17.7 Å². The summed E-state index contributed by atoms with van der Waals surface area (Å²) in [6.45, 7) is 0.301. The smallest absolute Gasteiger partial charge is 0.188 e. The van der Waals surface area contributed by atoms with E-state index in [9.17, 15) is 0 Å². The van der Waals surface area contributed by atoms with Crippen molar-refractivity contribution in [1.29, 1.82) is 0 Å². The van der Waals surface area contributed by atoms with E-state index in [0.717, 1.165) is 5.75 Å². The predicted octanol–water partition coefficient (Wildman–Crippen LogP) is 3.59. The molecule has 1 saturated heterocycles. The number of rotatable bonds is 4. The molecule has 0 atom stereocenters. The molecule has 0 amide bonds. The second kappa shape index (κ2) is 5.85. The number of hydrogen-bond acceptors (Lipinski definition) is 2. The van der Waals surface area contributed by atoms with Crippen LogP contribution >= 0.6 is 0 Å². The Kier molecular flexibility index (Phi) is 3.95. The maximum Gasteiger partial charge on any atom is 0.188 e. The highest BCUT2D eigenvalue weighted by molar-refractivity contribution is 7.97. The van der Waals surface area contributed by atoms with E-state index in [1.807, 2.05) is 0 Å². The van der Waals surface area contributed by atoms with Gasteiger partial charge >= 0.3 is 0 Å². The Balaban J connectivity index is 2.05. The Hall–Kier alpha value is -1.19. The van der Waals surface area contributed by atoms with Crippen LogP contribution in [0.25, 0.3) is 10.8 Å². The molecule has 100 valence electrons. The van der Waals surface area contributed by atoms with Crippen molar-refractivity contribution >= 4 is 21.7 Å². The van der Waals surface area contributed by atoms with Crippen molar-refractivity contribution in [2.75, 3.05) is 25.4 Å². The Morgan fingerprint density at radius 2 is 1.74 bits per heavy atom.